The maximum atomic E-state index is 13.0. The fraction of sp³-hybridized carbons (Fsp3) is 0.227. The van der Waals surface area contributed by atoms with Crippen LogP contribution in [0.5, 0.6) is 0 Å². The van der Waals surface area contributed by atoms with Crippen molar-refractivity contribution in [2.45, 2.75) is 33.0 Å². The van der Waals surface area contributed by atoms with Gasteiger partial charge in [-0.15, -0.1) is 0 Å². The van der Waals surface area contributed by atoms with Crippen LogP contribution in [0.2, 0.25) is 0 Å². The highest BCUT2D eigenvalue weighted by molar-refractivity contribution is 5.46. The molecule has 31 heavy (non-hydrogen) atoms. The molecule has 2 aromatic carbocycles. The van der Waals surface area contributed by atoms with Gasteiger partial charge in [0.25, 0.3) is 11.3 Å². The van der Waals surface area contributed by atoms with Gasteiger partial charge in [-0.25, -0.2) is 4.98 Å². The quantitative estimate of drug-likeness (QED) is 0.499. The summed E-state index contributed by atoms with van der Waals surface area (Å²) in [7, 11) is 0. The Morgan fingerprint density at radius 2 is 1.81 bits per heavy atom. The molecule has 0 aliphatic heterocycles. The smallest absolute Gasteiger partial charge is 0.378 e. The van der Waals surface area contributed by atoms with Crippen LogP contribution in [0.3, 0.4) is 0 Å². The van der Waals surface area contributed by atoms with Gasteiger partial charge in [0.15, 0.2) is 0 Å². The SMILES string of the molecule is Cc1ccc(Cc2c(C)nc3nc(CNc4cccc(C(F)(F)F)c4)[nH]n3c2=O)cc1. The predicted octanol–water partition coefficient (Wildman–Crippen LogP) is 4.26. The summed E-state index contributed by atoms with van der Waals surface area (Å²) in [5.41, 5.74) is 2.59. The lowest BCUT2D eigenvalue weighted by Crippen LogP contribution is -2.22. The normalized spacial score (nSPS) is 11.8. The van der Waals surface area contributed by atoms with Crippen molar-refractivity contribution >= 4 is 11.5 Å². The number of aromatic amines is 1. The highest BCUT2D eigenvalue weighted by atomic mass is 19.4. The molecular weight excluding hydrogens is 407 g/mol. The average Bonchev–Trinajstić information content (AvgIpc) is 3.13. The van der Waals surface area contributed by atoms with Crippen molar-refractivity contribution in [1.29, 1.82) is 0 Å². The highest BCUT2D eigenvalue weighted by Gasteiger charge is 2.30. The Morgan fingerprint density at radius 3 is 2.52 bits per heavy atom. The summed E-state index contributed by atoms with van der Waals surface area (Å²) in [5, 5.41) is 5.78. The van der Waals surface area contributed by atoms with Crippen LogP contribution >= 0.6 is 0 Å². The highest BCUT2D eigenvalue weighted by Crippen LogP contribution is 2.30. The summed E-state index contributed by atoms with van der Waals surface area (Å²) < 4.78 is 39.9. The number of alkyl halides is 3. The average molecular weight is 427 g/mol. The Labute approximate surface area is 175 Å². The summed E-state index contributed by atoms with van der Waals surface area (Å²) in [6.07, 6.45) is -3.97. The molecule has 0 bridgehead atoms. The van der Waals surface area contributed by atoms with E-state index < -0.39 is 11.7 Å². The molecule has 2 aromatic heterocycles. The number of rotatable bonds is 5. The Bertz CT molecular complexity index is 1290. The lowest BCUT2D eigenvalue weighted by molar-refractivity contribution is -0.137. The molecule has 0 saturated heterocycles. The number of anilines is 1. The number of hydrogen-bond donors (Lipinski definition) is 2. The summed E-state index contributed by atoms with van der Waals surface area (Å²) in [4.78, 5) is 21.7. The number of fused-ring (bicyclic) bond motifs is 1. The molecule has 6 nitrogen and oxygen atoms in total. The minimum absolute atomic E-state index is 0.108. The van der Waals surface area contributed by atoms with Crippen molar-refractivity contribution < 1.29 is 13.2 Å². The van der Waals surface area contributed by atoms with Gasteiger partial charge in [-0.2, -0.15) is 22.7 Å². The van der Waals surface area contributed by atoms with Crippen molar-refractivity contribution in [2.24, 2.45) is 0 Å². The van der Waals surface area contributed by atoms with Crippen LogP contribution < -0.4 is 10.9 Å². The molecule has 0 spiro atoms. The molecular formula is C22H20F3N5O. The second-order valence-corrected chi connectivity index (χ2v) is 7.38. The molecule has 0 fully saturated rings. The zero-order valence-corrected chi connectivity index (χ0v) is 16.9. The second kappa shape index (κ2) is 7.90. The van der Waals surface area contributed by atoms with Crippen molar-refractivity contribution in [3.05, 3.63) is 92.7 Å². The van der Waals surface area contributed by atoms with Gasteiger partial charge in [0.2, 0.25) is 0 Å². The molecule has 0 amide bonds. The van der Waals surface area contributed by atoms with E-state index in [-0.39, 0.29) is 17.9 Å². The molecule has 0 aliphatic rings. The van der Waals surface area contributed by atoms with E-state index in [2.05, 4.69) is 20.4 Å². The first kappa shape index (κ1) is 20.6. The lowest BCUT2D eigenvalue weighted by Gasteiger charge is -2.09. The number of benzene rings is 2. The second-order valence-electron chi connectivity index (χ2n) is 7.38. The van der Waals surface area contributed by atoms with E-state index in [1.165, 1.54) is 16.6 Å². The van der Waals surface area contributed by atoms with E-state index in [4.69, 9.17) is 0 Å². The van der Waals surface area contributed by atoms with Gasteiger partial charge in [0.05, 0.1) is 17.8 Å². The van der Waals surface area contributed by atoms with Crippen LogP contribution in [-0.4, -0.2) is 19.6 Å². The molecule has 4 rings (SSSR count). The van der Waals surface area contributed by atoms with Crippen LogP contribution in [0, 0.1) is 13.8 Å². The Balaban J connectivity index is 1.58. The summed E-state index contributed by atoms with van der Waals surface area (Å²) in [5.74, 6) is 0.602. The van der Waals surface area contributed by atoms with Crippen molar-refractivity contribution in [2.75, 3.05) is 5.32 Å². The van der Waals surface area contributed by atoms with Crippen molar-refractivity contribution in [3.8, 4) is 0 Å². The molecule has 160 valence electrons. The van der Waals surface area contributed by atoms with Crippen LogP contribution in [0.4, 0.5) is 18.9 Å². The van der Waals surface area contributed by atoms with E-state index in [1.807, 2.05) is 31.2 Å². The van der Waals surface area contributed by atoms with Gasteiger partial charge in [-0.3, -0.25) is 9.89 Å². The first-order valence-corrected chi connectivity index (χ1v) is 9.64. The number of nitrogens with zero attached hydrogens (tertiary/aromatic N) is 3. The standard InChI is InChI=1S/C22H20F3N5O/c1-13-6-8-15(9-7-13)10-18-14(2)27-21-28-19(29-30(21)20(18)31)12-26-17-5-3-4-16(11-17)22(23,24)25/h3-9,11,26H,10,12H2,1-2H3,(H,27,28,29). The number of aryl methyl sites for hydroxylation is 2. The zero-order valence-electron chi connectivity index (χ0n) is 16.9. The summed E-state index contributed by atoms with van der Waals surface area (Å²) in [6.45, 7) is 3.87. The van der Waals surface area contributed by atoms with E-state index in [9.17, 15) is 18.0 Å². The van der Waals surface area contributed by atoms with Crippen molar-refractivity contribution in [1.82, 2.24) is 19.6 Å². The number of nitrogens with one attached hydrogen (secondary N) is 2. The number of aromatic nitrogens is 4. The summed E-state index contributed by atoms with van der Waals surface area (Å²) >= 11 is 0. The molecule has 9 heteroatoms. The Kier molecular flexibility index (Phi) is 5.26. The van der Waals surface area contributed by atoms with Gasteiger partial charge in [-0.1, -0.05) is 35.9 Å². The predicted molar refractivity (Wildman–Crippen MR) is 111 cm³/mol. The molecule has 4 aromatic rings. The molecule has 0 atom stereocenters. The van der Waals surface area contributed by atoms with Gasteiger partial charge in [0.1, 0.15) is 5.82 Å². The van der Waals surface area contributed by atoms with Crippen LogP contribution in [0.25, 0.3) is 5.78 Å². The lowest BCUT2D eigenvalue weighted by atomic mass is 10.0. The largest absolute Gasteiger partial charge is 0.416 e. The van der Waals surface area contributed by atoms with Gasteiger partial charge >= 0.3 is 6.18 Å². The molecule has 0 aliphatic carbocycles. The zero-order chi connectivity index (χ0) is 22.2. The Morgan fingerprint density at radius 1 is 1.06 bits per heavy atom. The first-order valence-electron chi connectivity index (χ1n) is 9.64. The van der Waals surface area contributed by atoms with E-state index in [0.29, 0.717) is 29.2 Å². The minimum atomic E-state index is -4.42. The third-order valence-corrected chi connectivity index (χ3v) is 4.99. The van der Waals surface area contributed by atoms with Gasteiger partial charge in [0, 0.05) is 17.7 Å². The molecule has 2 N–H and O–H groups in total. The molecule has 2 heterocycles. The topological polar surface area (TPSA) is 75.1 Å². The maximum absolute atomic E-state index is 13.0. The monoisotopic (exact) mass is 427 g/mol. The Hall–Kier alpha value is -3.62. The van der Waals surface area contributed by atoms with E-state index >= 15 is 0 Å². The van der Waals surface area contributed by atoms with Gasteiger partial charge in [-0.05, 0) is 37.6 Å². The van der Waals surface area contributed by atoms with Crippen LogP contribution in [0.15, 0.2) is 53.3 Å². The number of H-pyrrole nitrogens is 1. The van der Waals surface area contributed by atoms with Crippen LogP contribution in [-0.2, 0) is 19.1 Å². The maximum Gasteiger partial charge on any atom is 0.416 e. The fourth-order valence-electron chi connectivity index (χ4n) is 3.28. The van der Waals surface area contributed by atoms with E-state index in [0.717, 1.165) is 23.3 Å². The van der Waals surface area contributed by atoms with Crippen LogP contribution in [0.1, 0.15) is 33.8 Å². The van der Waals surface area contributed by atoms with Gasteiger partial charge < -0.3 is 5.32 Å². The fourth-order valence-corrected chi connectivity index (χ4v) is 3.28. The number of halogens is 3. The first-order chi connectivity index (χ1) is 14.7. The molecule has 0 radical (unpaired) electrons. The minimum Gasteiger partial charge on any atom is -0.378 e. The molecule has 0 unspecified atom stereocenters. The number of hydrogen-bond acceptors (Lipinski definition) is 4. The van der Waals surface area contributed by atoms with Crippen molar-refractivity contribution in [3.63, 3.8) is 0 Å². The molecule has 0 saturated carbocycles. The summed E-state index contributed by atoms with van der Waals surface area (Å²) in [6, 6.07) is 12.8. The third kappa shape index (κ3) is 4.45. The van der Waals surface area contributed by atoms with E-state index in [1.54, 1.807) is 6.92 Å². The third-order valence-electron chi connectivity index (χ3n) is 4.99.